The number of amides is 1. The van der Waals surface area contributed by atoms with Gasteiger partial charge in [-0.3, -0.25) is 4.79 Å². The van der Waals surface area contributed by atoms with Crippen molar-refractivity contribution in [1.29, 1.82) is 0 Å². The van der Waals surface area contributed by atoms with E-state index >= 15 is 0 Å². The molecule has 21 heavy (non-hydrogen) atoms. The zero-order valence-electron chi connectivity index (χ0n) is 12.7. The Morgan fingerprint density at radius 3 is 2.57 bits per heavy atom. The van der Waals surface area contributed by atoms with Gasteiger partial charge in [0.1, 0.15) is 5.76 Å². The van der Waals surface area contributed by atoms with Gasteiger partial charge >= 0.3 is 0 Å². The Morgan fingerprint density at radius 2 is 2.00 bits per heavy atom. The van der Waals surface area contributed by atoms with Crippen molar-refractivity contribution >= 4 is 11.7 Å². The van der Waals surface area contributed by atoms with Gasteiger partial charge in [-0.05, 0) is 19.8 Å². The van der Waals surface area contributed by atoms with E-state index in [1.807, 2.05) is 0 Å². The molecule has 1 aromatic rings. The number of carbonyl (C=O) groups is 1. The molecule has 0 radical (unpaired) electrons. The Hall–Kier alpha value is -1.40. The molecule has 6 heteroatoms. The summed E-state index contributed by atoms with van der Waals surface area (Å²) >= 11 is 0. The molecule has 1 saturated carbocycles. The minimum Gasteiger partial charge on any atom is -0.394 e. The van der Waals surface area contributed by atoms with Crippen LogP contribution in [0.4, 0.5) is 5.82 Å². The normalized spacial score (nSPS) is 18.8. The van der Waals surface area contributed by atoms with E-state index < -0.39 is 0 Å². The third-order valence-electron chi connectivity index (χ3n) is 4.13. The van der Waals surface area contributed by atoms with Gasteiger partial charge in [-0.25, -0.2) is 0 Å². The van der Waals surface area contributed by atoms with E-state index in [1.165, 1.54) is 19.3 Å². The Bertz CT molecular complexity index is 451. The number of aliphatic hydroxyl groups is 1. The van der Waals surface area contributed by atoms with E-state index in [1.54, 1.807) is 13.0 Å². The van der Waals surface area contributed by atoms with Crippen molar-refractivity contribution in [3.63, 3.8) is 0 Å². The Morgan fingerprint density at radius 1 is 1.33 bits per heavy atom. The lowest BCUT2D eigenvalue weighted by molar-refractivity contribution is -0.116. The minimum atomic E-state index is -0.322. The lowest BCUT2D eigenvalue weighted by Crippen LogP contribution is -2.51. The highest BCUT2D eigenvalue weighted by Crippen LogP contribution is 2.25. The third kappa shape index (κ3) is 4.82. The Labute approximate surface area is 125 Å². The van der Waals surface area contributed by atoms with Crippen molar-refractivity contribution in [3.8, 4) is 0 Å². The molecule has 1 aliphatic rings. The average Bonchev–Trinajstić information content (AvgIpc) is 2.84. The van der Waals surface area contributed by atoms with Crippen molar-refractivity contribution in [1.82, 2.24) is 10.5 Å². The number of nitrogens with zero attached hydrogens (tertiary/aromatic N) is 1. The van der Waals surface area contributed by atoms with Gasteiger partial charge in [-0.1, -0.05) is 37.3 Å². The number of aryl methyl sites for hydroxylation is 1. The Kier molecular flexibility index (Phi) is 5.76. The van der Waals surface area contributed by atoms with E-state index in [4.69, 9.17) is 4.52 Å². The first-order valence-corrected chi connectivity index (χ1v) is 7.73. The zero-order valence-corrected chi connectivity index (χ0v) is 12.7. The van der Waals surface area contributed by atoms with E-state index in [9.17, 15) is 9.90 Å². The summed E-state index contributed by atoms with van der Waals surface area (Å²) in [5, 5.41) is 19.4. The van der Waals surface area contributed by atoms with Crippen LogP contribution in [0.5, 0.6) is 0 Å². The second kappa shape index (κ2) is 7.56. The molecule has 3 N–H and O–H groups in total. The molecule has 0 spiro atoms. The van der Waals surface area contributed by atoms with E-state index in [0.29, 0.717) is 11.6 Å². The molecule has 0 atom stereocenters. The standard InChI is InChI=1S/C15H25N3O3/c1-12-9-13(18-21-12)17-14(20)10-16-15(11-19)7-5-3-2-4-6-8-15/h9,16,19H,2-8,10-11H2,1H3,(H,17,18,20). The zero-order chi connectivity index (χ0) is 15.1. The van der Waals surface area contributed by atoms with Crippen LogP contribution < -0.4 is 10.6 Å². The first-order chi connectivity index (χ1) is 10.1. The summed E-state index contributed by atoms with van der Waals surface area (Å²) in [6, 6.07) is 1.68. The molecule has 1 fully saturated rings. The highest BCUT2D eigenvalue weighted by atomic mass is 16.5. The molecular weight excluding hydrogens is 270 g/mol. The maximum Gasteiger partial charge on any atom is 0.239 e. The van der Waals surface area contributed by atoms with Gasteiger partial charge in [0.25, 0.3) is 0 Å². The van der Waals surface area contributed by atoms with E-state index in [0.717, 1.165) is 25.7 Å². The SMILES string of the molecule is Cc1cc(NC(=O)CNC2(CO)CCCCCCC2)no1. The molecule has 2 rings (SSSR count). The fourth-order valence-electron chi connectivity index (χ4n) is 2.85. The van der Waals surface area contributed by atoms with Crippen molar-refractivity contribution in [2.24, 2.45) is 0 Å². The second-order valence-electron chi connectivity index (χ2n) is 5.93. The van der Waals surface area contributed by atoms with Crippen molar-refractivity contribution in [2.75, 3.05) is 18.5 Å². The van der Waals surface area contributed by atoms with Crippen LogP contribution in [0.2, 0.25) is 0 Å². The van der Waals surface area contributed by atoms with Crippen LogP contribution >= 0.6 is 0 Å². The smallest absolute Gasteiger partial charge is 0.239 e. The Balaban J connectivity index is 1.84. The molecule has 1 aliphatic carbocycles. The largest absolute Gasteiger partial charge is 0.394 e. The van der Waals surface area contributed by atoms with Gasteiger partial charge in [0, 0.05) is 11.6 Å². The molecule has 1 aromatic heterocycles. The van der Waals surface area contributed by atoms with Crippen LogP contribution in [0.15, 0.2) is 10.6 Å². The summed E-state index contributed by atoms with van der Waals surface area (Å²) in [5.74, 6) is 0.915. The number of aliphatic hydroxyl groups excluding tert-OH is 1. The first kappa shape index (κ1) is 16.0. The summed E-state index contributed by atoms with van der Waals surface area (Å²) in [4.78, 5) is 11.9. The highest BCUT2D eigenvalue weighted by Gasteiger charge is 2.29. The van der Waals surface area contributed by atoms with Crippen LogP contribution in [-0.4, -0.2) is 34.9 Å². The molecule has 1 amide bonds. The molecule has 0 aromatic carbocycles. The van der Waals surface area contributed by atoms with Crippen LogP contribution in [0.3, 0.4) is 0 Å². The predicted octanol–water partition coefficient (Wildman–Crippen LogP) is 1.99. The number of carbonyl (C=O) groups excluding carboxylic acids is 1. The summed E-state index contributed by atoms with van der Waals surface area (Å²) < 4.78 is 4.91. The van der Waals surface area contributed by atoms with Gasteiger partial charge in [-0.2, -0.15) is 0 Å². The summed E-state index contributed by atoms with van der Waals surface area (Å²) in [5.41, 5.74) is -0.322. The number of nitrogens with one attached hydrogen (secondary N) is 2. The van der Waals surface area contributed by atoms with Gasteiger partial charge in [0.2, 0.25) is 5.91 Å². The number of aromatic nitrogens is 1. The van der Waals surface area contributed by atoms with Crippen molar-refractivity contribution in [3.05, 3.63) is 11.8 Å². The first-order valence-electron chi connectivity index (χ1n) is 7.73. The molecule has 0 bridgehead atoms. The third-order valence-corrected chi connectivity index (χ3v) is 4.13. The maximum absolute atomic E-state index is 11.9. The van der Waals surface area contributed by atoms with E-state index in [-0.39, 0.29) is 24.6 Å². The van der Waals surface area contributed by atoms with Crippen LogP contribution in [0, 0.1) is 6.92 Å². The second-order valence-corrected chi connectivity index (χ2v) is 5.93. The predicted molar refractivity (Wildman–Crippen MR) is 80.0 cm³/mol. The van der Waals surface area contributed by atoms with Crippen LogP contribution in [-0.2, 0) is 4.79 Å². The number of anilines is 1. The molecule has 0 unspecified atom stereocenters. The quantitative estimate of drug-likeness (QED) is 0.773. The number of hydrogen-bond acceptors (Lipinski definition) is 5. The summed E-state index contributed by atoms with van der Waals surface area (Å²) in [7, 11) is 0. The molecule has 0 aliphatic heterocycles. The fourth-order valence-corrected chi connectivity index (χ4v) is 2.85. The topological polar surface area (TPSA) is 87.4 Å². The monoisotopic (exact) mass is 295 g/mol. The lowest BCUT2D eigenvalue weighted by atomic mass is 9.84. The molecule has 6 nitrogen and oxygen atoms in total. The van der Waals surface area contributed by atoms with Crippen molar-refractivity contribution < 1.29 is 14.4 Å². The number of hydrogen-bond donors (Lipinski definition) is 3. The van der Waals surface area contributed by atoms with Gasteiger partial charge < -0.3 is 20.3 Å². The summed E-state index contributed by atoms with van der Waals surface area (Å²) in [6.07, 6.45) is 7.70. The van der Waals surface area contributed by atoms with Crippen molar-refractivity contribution in [2.45, 2.75) is 57.4 Å². The van der Waals surface area contributed by atoms with Crippen LogP contribution in [0.1, 0.15) is 50.7 Å². The fraction of sp³-hybridized carbons (Fsp3) is 0.733. The van der Waals surface area contributed by atoms with Gasteiger partial charge in [0.15, 0.2) is 5.82 Å². The minimum absolute atomic E-state index is 0.0728. The molecule has 118 valence electrons. The lowest BCUT2D eigenvalue weighted by Gasteiger charge is -2.34. The van der Waals surface area contributed by atoms with Gasteiger partial charge in [-0.15, -0.1) is 0 Å². The van der Waals surface area contributed by atoms with Gasteiger partial charge in [0.05, 0.1) is 13.2 Å². The van der Waals surface area contributed by atoms with Crippen LogP contribution in [0.25, 0.3) is 0 Å². The van der Waals surface area contributed by atoms with E-state index in [2.05, 4.69) is 15.8 Å². The molecule has 1 heterocycles. The maximum atomic E-state index is 11.9. The number of rotatable bonds is 5. The highest BCUT2D eigenvalue weighted by molar-refractivity contribution is 5.91. The molecule has 0 saturated heterocycles. The summed E-state index contributed by atoms with van der Waals surface area (Å²) in [6.45, 7) is 2.02. The molecular formula is C15H25N3O3. The average molecular weight is 295 g/mol.